The Kier molecular flexibility index (Phi) is 6.12. The molecule has 6 nitrogen and oxygen atoms in total. The summed E-state index contributed by atoms with van der Waals surface area (Å²) >= 11 is 5.84. The summed E-state index contributed by atoms with van der Waals surface area (Å²) in [5.41, 5.74) is 0.805. The van der Waals surface area contributed by atoms with Crippen molar-refractivity contribution in [3.8, 4) is 11.4 Å². The van der Waals surface area contributed by atoms with Gasteiger partial charge < -0.3 is 14.9 Å². The van der Waals surface area contributed by atoms with Gasteiger partial charge in [-0.1, -0.05) is 23.7 Å². The quantitative estimate of drug-likeness (QED) is 0.810. The summed E-state index contributed by atoms with van der Waals surface area (Å²) in [6.07, 6.45) is 0.622. The highest BCUT2D eigenvalue weighted by Gasteiger charge is 2.15. The Morgan fingerprint density at radius 3 is 2.70 bits per heavy atom. The van der Waals surface area contributed by atoms with Crippen molar-refractivity contribution in [3.05, 3.63) is 35.2 Å². The number of aliphatic hydroxyl groups is 1. The maximum Gasteiger partial charge on any atom is 0.227 e. The molecule has 0 aliphatic rings. The Hall–Kier alpha value is -1.92. The Labute approximate surface area is 139 Å². The zero-order valence-corrected chi connectivity index (χ0v) is 13.9. The number of carbonyl (C=O) groups is 1. The molecule has 2 atom stereocenters. The number of nitrogens with zero attached hydrogens (tertiary/aromatic N) is 2. The number of aromatic nitrogens is 2. The van der Waals surface area contributed by atoms with Gasteiger partial charge in [-0.15, -0.1) is 0 Å². The van der Waals surface area contributed by atoms with E-state index < -0.39 is 0 Å². The smallest absolute Gasteiger partial charge is 0.227 e. The Morgan fingerprint density at radius 1 is 1.35 bits per heavy atom. The number of hydrogen-bond donors (Lipinski definition) is 2. The van der Waals surface area contributed by atoms with Crippen LogP contribution < -0.4 is 5.32 Å². The average Bonchev–Trinajstić information content (AvgIpc) is 3.01. The number of hydrogen-bond acceptors (Lipinski definition) is 5. The van der Waals surface area contributed by atoms with E-state index in [1.165, 1.54) is 0 Å². The van der Waals surface area contributed by atoms with E-state index in [1.54, 1.807) is 12.1 Å². The van der Waals surface area contributed by atoms with Gasteiger partial charge in [0.15, 0.2) is 0 Å². The monoisotopic (exact) mass is 337 g/mol. The van der Waals surface area contributed by atoms with Crippen LogP contribution in [-0.2, 0) is 11.2 Å². The zero-order valence-electron chi connectivity index (χ0n) is 13.1. The second kappa shape index (κ2) is 8.08. The van der Waals surface area contributed by atoms with Crippen LogP contribution in [0.1, 0.15) is 26.2 Å². The van der Waals surface area contributed by atoms with Gasteiger partial charge in [0.25, 0.3) is 0 Å². The molecule has 2 aromatic rings. The summed E-state index contributed by atoms with van der Waals surface area (Å²) in [7, 11) is 0. The molecule has 7 heteroatoms. The number of carbonyl (C=O) groups excluding carboxylic acids is 1. The lowest BCUT2D eigenvalue weighted by molar-refractivity contribution is -0.122. The topological polar surface area (TPSA) is 88.2 Å². The van der Waals surface area contributed by atoms with Crippen molar-refractivity contribution in [2.75, 3.05) is 6.61 Å². The van der Waals surface area contributed by atoms with Crippen LogP contribution in [0, 0.1) is 5.92 Å². The second-order valence-corrected chi connectivity index (χ2v) is 5.97. The highest BCUT2D eigenvalue weighted by molar-refractivity contribution is 6.30. The third-order valence-corrected chi connectivity index (χ3v) is 3.92. The maximum atomic E-state index is 11.9. The fraction of sp³-hybridized carbons (Fsp3) is 0.438. The van der Waals surface area contributed by atoms with Gasteiger partial charge in [-0.05, 0) is 37.1 Å². The standard InChI is InChI=1S/C16H20ClN3O3/c1-10(9-21)11(2)18-14(22)7-8-15-19-16(20-23-15)12-3-5-13(17)6-4-12/h3-6,10-11,21H,7-9H2,1-2H3,(H,18,22). The third kappa shape index (κ3) is 5.04. The first-order chi connectivity index (χ1) is 11.0. The lowest BCUT2D eigenvalue weighted by atomic mass is 10.1. The number of amides is 1. The summed E-state index contributed by atoms with van der Waals surface area (Å²) in [5.74, 6) is 0.787. The molecule has 0 radical (unpaired) electrons. The molecule has 1 aromatic carbocycles. The van der Waals surface area contributed by atoms with Crippen LogP contribution in [-0.4, -0.2) is 33.8 Å². The number of rotatable bonds is 7. The van der Waals surface area contributed by atoms with Gasteiger partial charge in [0, 0.05) is 36.1 Å². The fourth-order valence-electron chi connectivity index (χ4n) is 1.92. The van der Waals surface area contributed by atoms with Crippen molar-refractivity contribution in [2.45, 2.75) is 32.7 Å². The number of halogens is 1. The van der Waals surface area contributed by atoms with E-state index in [0.717, 1.165) is 5.56 Å². The largest absolute Gasteiger partial charge is 0.396 e. The normalized spacial score (nSPS) is 13.6. The maximum absolute atomic E-state index is 11.9. The molecule has 1 heterocycles. The first-order valence-corrected chi connectivity index (χ1v) is 7.86. The molecule has 1 aromatic heterocycles. The molecule has 23 heavy (non-hydrogen) atoms. The molecule has 0 fully saturated rings. The van der Waals surface area contributed by atoms with Crippen LogP contribution in [0.25, 0.3) is 11.4 Å². The molecular weight excluding hydrogens is 318 g/mol. The van der Waals surface area contributed by atoms with Gasteiger partial charge in [0.2, 0.25) is 17.6 Å². The molecule has 0 saturated carbocycles. The van der Waals surface area contributed by atoms with Crippen LogP contribution in [0.5, 0.6) is 0 Å². The van der Waals surface area contributed by atoms with Crippen molar-refractivity contribution in [1.29, 1.82) is 0 Å². The first-order valence-electron chi connectivity index (χ1n) is 7.48. The van der Waals surface area contributed by atoms with Crippen LogP contribution >= 0.6 is 11.6 Å². The van der Waals surface area contributed by atoms with Crippen LogP contribution in [0.2, 0.25) is 5.02 Å². The van der Waals surface area contributed by atoms with Crippen LogP contribution in [0.4, 0.5) is 0 Å². The van der Waals surface area contributed by atoms with Crippen molar-refractivity contribution in [1.82, 2.24) is 15.5 Å². The van der Waals surface area contributed by atoms with E-state index in [0.29, 0.717) is 23.2 Å². The molecule has 2 unspecified atom stereocenters. The highest BCUT2D eigenvalue weighted by Crippen LogP contribution is 2.19. The predicted octanol–water partition coefficient (Wildman–Crippen LogP) is 2.46. The van der Waals surface area contributed by atoms with Gasteiger partial charge in [-0.25, -0.2) is 0 Å². The lowest BCUT2D eigenvalue weighted by Crippen LogP contribution is -2.38. The number of benzene rings is 1. The summed E-state index contributed by atoms with van der Waals surface area (Å²) in [5, 5.41) is 16.4. The van der Waals surface area contributed by atoms with E-state index in [-0.39, 0.29) is 30.9 Å². The third-order valence-electron chi connectivity index (χ3n) is 3.67. The molecular formula is C16H20ClN3O3. The number of nitrogens with one attached hydrogen (secondary N) is 1. The SMILES string of the molecule is CC(CO)C(C)NC(=O)CCc1nc(-c2ccc(Cl)cc2)no1. The van der Waals surface area contributed by atoms with Gasteiger partial charge in [-0.3, -0.25) is 4.79 Å². The first kappa shape index (κ1) is 17.4. The molecule has 124 valence electrons. The highest BCUT2D eigenvalue weighted by atomic mass is 35.5. The van der Waals surface area contributed by atoms with Gasteiger partial charge in [-0.2, -0.15) is 4.98 Å². The second-order valence-electron chi connectivity index (χ2n) is 5.53. The van der Waals surface area contributed by atoms with E-state index in [4.69, 9.17) is 21.2 Å². The fourth-order valence-corrected chi connectivity index (χ4v) is 2.05. The molecule has 0 saturated heterocycles. The van der Waals surface area contributed by atoms with E-state index in [1.807, 2.05) is 26.0 Å². The lowest BCUT2D eigenvalue weighted by Gasteiger charge is -2.18. The van der Waals surface area contributed by atoms with Crippen molar-refractivity contribution >= 4 is 17.5 Å². The van der Waals surface area contributed by atoms with Crippen molar-refractivity contribution in [2.24, 2.45) is 5.92 Å². The van der Waals surface area contributed by atoms with Crippen LogP contribution in [0.15, 0.2) is 28.8 Å². The summed E-state index contributed by atoms with van der Waals surface area (Å²) in [6.45, 7) is 3.78. The minimum absolute atomic E-state index is 0.0128. The Balaban J connectivity index is 1.87. The molecule has 0 aliphatic carbocycles. The van der Waals surface area contributed by atoms with E-state index in [2.05, 4.69) is 15.5 Å². The van der Waals surface area contributed by atoms with Gasteiger partial charge in [0.05, 0.1) is 0 Å². The van der Waals surface area contributed by atoms with Crippen molar-refractivity contribution in [3.63, 3.8) is 0 Å². The Morgan fingerprint density at radius 2 is 2.04 bits per heavy atom. The zero-order chi connectivity index (χ0) is 16.8. The van der Waals surface area contributed by atoms with E-state index >= 15 is 0 Å². The van der Waals surface area contributed by atoms with Crippen LogP contribution in [0.3, 0.4) is 0 Å². The minimum Gasteiger partial charge on any atom is -0.396 e. The summed E-state index contributed by atoms with van der Waals surface area (Å²) in [6, 6.07) is 7.04. The number of aliphatic hydroxyl groups excluding tert-OH is 1. The van der Waals surface area contributed by atoms with E-state index in [9.17, 15) is 4.79 Å². The minimum atomic E-state index is -0.107. The summed E-state index contributed by atoms with van der Waals surface area (Å²) < 4.78 is 5.16. The molecule has 2 N–H and O–H groups in total. The molecule has 0 bridgehead atoms. The predicted molar refractivity (Wildman–Crippen MR) is 86.9 cm³/mol. The molecule has 1 amide bonds. The van der Waals surface area contributed by atoms with Gasteiger partial charge >= 0.3 is 0 Å². The van der Waals surface area contributed by atoms with Gasteiger partial charge in [0.1, 0.15) is 0 Å². The Bertz CT molecular complexity index is 642. The summed E-state index contributed by atoms with van der Waals surface area (Å²) in [4.78, 5) is 16.1. The average molecular weight is 338 g/mol. The molecule has 0 aliphatic heterocycles. The number of aryl methyl sites for hydroxylation is 1. The molecule has 0 spiro atoms. The van der Waals surface area contributed by atoms with Crippen molar-refractivity contribution < 1.29 is 14.4 Å². The molecule has 2 rings (SSSR count).